The fraction of sp³-hybridized carbons (Fsp3) is 0.700. The number of alkyl halides is 3. The lowest BCUT2D eigenvalue weighted by Crippen LogP contribution is -2.47. The molecule has 1 atom stereocenters. The smallest absolute Gasteiger partial charge is 0.475 e. The molecule has 170 valence electrons. The van der Waals surface area contributed by atoms with Crippen LogP contribution in [0.4, 0.5) is 13.2 Å². The molecule has 1 unspecified atom stereocenters. The van der Waals surface area contributed by atoms with Gasteiger partial charge in [-0.25, -0.2) is 4.79 Å². The number of amides is 1. The third kappa shape index (κ3) is 7.24. The first-order chi connectivity index (χ1) is 14.0. The SMILES string of the molecule is CC(C)N1CCC2(CCC(C(=O)NCCc3cccs3)O2)CC1.O=C(O)C(F)(F)F. The second-order valence-corrected chi connectivity index (χ2v) is 8.91. The van der Waals surface area contributed by atoms with E-state index in [0.29, 0.717) is 12.6 Å². The summed E-state index contributed by atoms with van der Waals surface area (Å²) in [7, 11) is 0. The average Bonchev–Trinajstić information content (AvgIpc) is 3.32. The number of carbonyl (C=O) groups excluding carboxylic acids is 1. The number of halogens is 3. The maximum atomic E-state index is 12.3. The number of carbonyl (C=O) groups is 2. The van der Waals surface area contributed by atoms with Gasteiger partial charge in [0, 0.05) is 30.6 Å². The minimum Gasteiger partial charge on any atom is -0.475 e. The van der Waals surface area contributed by atoms with E-state index in [-0.39, 0.29) is 17.6 Å². The van der Waals surface area contributed by atoms with Crippen LogP contribution >= 0.6 is 11.3 Å². The first kappa shape index (κ1) is 24.6. The average molecular weight is 451 g/mol. The van der Waals surface area contributed by atoms with Crippen molar-refractivity contribution >= 4 is 23.2 Å². The Balaban J connectivity index is 0.000000396. The first-order valence-corrected chi connectivity index (χ1v) is 10.9. The van der Waals surface area contributed by atoms with Gasteiger partial charge in [-0.15, -0.1) is 11.3 Å². The van der Waals surface area contributed by atoms with Gasteiger partial charge in [-0.3, -0.25) is 4.79 Å². The maximum Gasteiger partial charge on any atom is 0.490 e. The number of ether oxygens (including phenoxy) is 1. The predicted octanol–water partition coefficient (Wildman–Crippen LogP) is 3.46. The monoisotopic (exact) mass is 450 g/mol. The number of rotatable bonds is 5. The second-order valence-electron chi connectivity index (χ2n) is 7.88. The molecular formula is C20H29F3N2O4S. The van der Waals surface area contributed by atoms with Crippen LogP contribution in [0.25, 0.3) is 0 Å². The minimum atomic E-state index is -5.08. The van der Waals surface area contributed by atoms with E-state index < -0.39 is 12.1 Å². The van der Waals surface area contributed by atoms with Crippen molar-refractivity contribution in [3.63, 3.8) is 0 Å². The van der Waals surface area contributed by atoms with Gasteiger partial charge in [0.05, 0.1) is 5.60 Å². The van der Waals surface area contributed by atoms with Crippen molar-refractivity contribution in [1.82, 2.24) is 10.2 Å². The van der Waals surface area contributed by atoms with E-state index in [1.54, 1.807) is 11.3 Å². The summed E-state index contributed by atoms with van der Waals surface area (Å²) in [5.74, 6) is -2.68. The van der Waals surface area contributed by atoms with Crippen molar-refractivity contribution < 1.29 is 32.6 Å². The van der Waals surface area contributed by atoms with Crippen LogP contribution in [-0.2, 0) is 20.7 Å². The molecular weight excluding hydrogens is 421 g/mol. The van der Waals surface area contributed by atoms with Gasteiger partial charge < -0.3 is 20.1 Å². The van der Waals surface area contributed by atoms with Crippen LogP contribution in [0, 0.1) is 0 Å². The van der Waals surface area contributed by atoms with Gasteiger partial charge >= 0.3 is 12.1 Å². The highest BCUT2D eigenvalue weighted by Gasteiger charge is 2.44. The molecule has 1 aromatic rings. The van der Waals surface area contributed by atoms with E-state index in [9.17, 15) is 18.0 Å². The Hall–Kier alpha value is -1.65. The van der Waals surface area contributed by atoms with E-state index in [2.05, 4.69) is 41.6 Å². The van der Waals surface area contributed by atoms with Crippen LogP contribution in [0.1, 0.15) is 44.4 Å². The van der Waals surface area contributed by atoms with Crippen LogP contribution in [0.5, 0.6) is 0 Å². The van der Waals surface area contributed by atoms with Gasteiger partial charge in [0.1, 0.15) is 6.10 Å². The molecule has 3 rings (SSSR count). The third-order valence-corrected chi connectivity index (χ3v) is 6.42. The topological polar surface area (TPSA) is 78.9 Å². The minimum absolute atomic E-state index is 0.0405. The third-order valence-electron chi connectivity index (χ3n) is 5.48. The molecule has 0 saturated carbocycles. The van der Waals surface area contributed by atoms with Crippen molar-refractivity contribution in [3.05, 3.63) is 22.4 Å². The number of aliphatic carboxylic acids is 1. The van der Waals surface area contributed by atoms with Crippen molar-refractivity contribution in [3.8, 4) is 0 Å². The van der Waals surface area contributed by atoms with E-state index in [0.717, 1.165) is 45.2 Å². The van der Waals surface area contributed by atoms with Gasteiger partial charge in [0.15, 0.2) is 0 Å². The molecule has 0 aromatic carbocycles. The van der Waals surface area contributed by atoms with Crippen LogP contribution in [0.15, 0.2) is 17.5 Å². The number of carboxylic acids is 1. The molecule has 1 aromatic heterocycles. The molecule has 3 heterocycles. The molecule has 1 spiro atoms. The number of nitrogens with one attached hydrogen (secondary N) is 1. The zero-order chi connectivity index (χ0) is 22.4. The lowest BCUT2D eigenvalue weighted by molar-refractivity contribution is -0.192. The van der Waals surface area contributed by atoms with Crippen LogP contribution < -0.4 is 5.32 Å². The molecule has 30 heavy (non-hydrogen) atoms. The highest BCUT2D eigenvalue weighted by molar-refractivity contribution is 7.09. The molecule has 2 aliphatic rings. The van der Waals surface area contributed by atoms with E-state index in [1.165, 1.54) is 4.88 Å². The standard InChI is InChI=1S/C18H28N2O2S.C2HF3O2/c1-14(2)20-11-8-18(9-12-20)7-5-16(22-18)17(21)19-10-6-15-4-3-13-23-15;3-2(4,5)1(6)7/h3-4,13-14,16H,5-12H2,1-2H3,(H,19,21);(H,6,7). The van der Waals surface area contributed by atoms with E-state index in [1.807, 2.05) is 0 Å². The van der Waals surface area contributed by atoms with Crippen LogP contribution in [-0.4, -0.2) is 65.4 Å². The molecule has 6 nitrogen and oxygen atoms in total. The second kappa shape index (κ2) is 10.6. The number of hydrogen-bond donors (Lipinski definition) is 2. The van der Waals surface area contributed by atoms with E-state index >= 15 is 0 Å². The zero-order valence-electron chi connectivity index (χ0n) is 17.2. The summed E-state index contributed by atoms with van der Waals surface area (Å²) in [4.78, 5) is 25.0. The summed E-state index contributed by atoms with van der Waals surface area (Å²) in [6.07, 6.45) is -0.406. The molecule has 2 fully saturated rings. The maximum absolute atomic E-state index is 12.3. The Labute approximate surface area is 178 Å². The van der Waals surface area contributed by atoms with Crippen LogP contribution in [0.3, 0.4) is 0 Å². The van der Waals surface area contributed by atoms with Gasteiger partial charge in [0.2, 0.25) is 5.91 Å². The largest absolute Gasteiger partial charge is 0.490 e. The van der Waals surface area contributed by atoms with Gasteiger partial charge in [-0.1, -0.05) is 6.07 Å². The van der Waals surface area contributed by atoms with Gasteiger partial charge in [0.25, 0.3) is 0 Å². The quantitative estimate of drug-likeness (QED) is 0.718. The number of thiophene rings is 1. The fourth-order valence-corrected chi connectivity index (χ4v) is 4.40. The highest BCUT2D eigenvalue weighted by Crippen LogP contribution is 2.39. The normalized spacial score (nSPS) is 21.3. The molecule has 0 aliphatic carbocycles. The summed E-state index contributed by atoms with van der Waals surface area (Å²) >= 11 is 1.74. The molecule has 2 saturated heterocycles. The Morgan fingerprint density at radius 3 is 2.47 bits per heavy atom. The summed E-state index contributed by atoms with van der Waals surface area (Å²) in [5.41, 5.74) is -0.0405. The zero-order valence-corrected chi connectivity index (χ0v) is 18.0. The van der Waals surface area contributed by atoms with E-state index in [4.69, 9.17) is 14.6 Å². The van der Waals surface area contributed by atoms with Gasteiger partial charge in [-0.2, -0.15) is 13.2 Å². The number of carboxylic acid groups (broad SMARTS) is 1. The van der Waals surface area contributed by atoms with Crippen molar-refractivity contribution in [2.24, 2.45) is 0 Å². The molecule has 2 aliphatic heterocycles. The van der Waals surface area contributed by atoms with Gasteiger partial charge in [-0.05, 0) is 57.4 Å². The summed E-state index contributed by atoms with van der Waals surface area (Å²) in [6.45, 7) is 7.37. The molecule has 0 bridgehead atoms. The fourth-order valence-electron chi connectivity index (χ4n) is 3.69. The summed E-state index contributed by atoms with van der Waals surface area (Å²) in [6, 6.07) is 4.76. The molecule has 2 N–H and O–H groups in total. The van der Waals surface area contributed by atoms with Crippen molar-refractivity contribution in [1.29, 1.82) is 0 Å². The molecule has 0 radical (unpaired) electrons. The number of nitrogens with zero attached hydrogens (tertiary/aromatic N) is 1. The Morgan fingerprint density at radius 2 is 1.97 bits per heavy atom. The summed E-state index contributed by atoms with van der Waals surface area (Å²) < 4.78 is 38.0. The molecule has 10 heteroatoms. The first-order valence-electron chi connectivity index (χ1n) is 10.0. The predicted molar refractivity (Wildman–Crippen MR) is 108 cm³/mol. The lowest BCUT2D eigenvalue weighted by atomic mass is 9.88. The van der Waals surface area contributed by atoms with Crippen molar-refractivity contribution in [2.75, 3.05) is 19.6 Å². The number of hydrogen-bond acceptors (Lipinski definition) is 5. The van der Waals surface area contributed by atoms with Crippen molar-refractivity contribution in [2.45, 2.75) is 69.9 Å². The number of piperidine rings is 1. The Morgan fingerprint density at radius 1 is 1.33 bits per heavy atom. The van der Waals surface area contributed by atoms with Crippen LogP contribution in [0.2, 0.25) is 0 Å². The molecule has 1 amide bonds. The Kier molecular flexibility index (Phi) is 8.69. The number of likely N-dealkylation sites (tertiary alicyclic amines) is 1. The summed E-state index contributed by atoms with van der Waals surface area (Å²) in [5, 5.41) is 12.2. The Bertz CT molecular complexity index is 687. The highest BCUT2D eigenvalue weighted by atomic mass is 32.1. The lowest BCUT2D eigenvalue weighted by Gasteiger charge is -2.40.